The molecular formula is C14H26N2O4. The van der Waals surface area contributed by atoms with Crippen LogP contribution in [0.1, 0.15) is 33.6 Å². The molecule has 4 N–H and O–H groups in total. The van der Waals surface area contributed by atoms with Crippen LogP contribution >= 0.6 is 0 Å². The molecule has 4 atom stereocenters. The standard InChI is InChI=1S/C14H26N2O4/c1-8-11(16-12(17)10(15)7-20-4)6-5-9(13(18)19)14(8,2)3/h8-11H,5-7,15H2,1-4H3,(H,16,17)(H,18,19). The quantitative estimate of drug-likeness (QED) is 0.687. The second kappa shape index (κ2) is 6.54. The largest absolute Gasteiger partial charge is 0.481 e. The van der Waals surface area contributed by atoms with Gasteiger partial charge in [0.15, 0.2) is 0 Å². The molecule has 0 radical (unpaired) electrons. The van der Waals surface area contributed by atoms with Crippen LogP contribution in [0.15, 0.2) is 0 Å². The van der Waals surface area contributed by atoms with Crippen molar-refractivity contribution in [1.29, 1.82) is 0 Å². The van der Waals surface area contributed by atoms with E-state index in [4.69, 9.17) is 10.5 Å². The molecule has 1 rings (SSSR count). The summed E-state index contributed by atoms with van der Waals surface area (Å²) >= 11 is 0. The molecule has 0 aliphatic heterocycles. The number of rotatable bonds is 5. The van der Waals surface area contributed by atoms with Gasteiger partial charge in [0.05, 0.1) is 12.5 Å². The first-order valence-electron chi connectivity index (χ1n) is 6.99. The number of hydrogen-bond acceptors (Lipinski definition) is 4. The number of nitrogens with two attached hydrogens (primary N) is 1. The molecule has 1 saturated carbocycles. The van der Waals surface area contributed by atoms with Gasteiger partial charge in [0, 0.05) is 13.2 Å². The average molecular weight is 286 g/mol. The molecule has 0 aromatic rings. The zero-order valence-corrected chi connectivity index (χ0v) is 12.7. The van der Waals surface area contributed by atoms with Crippen molar-refractivity contribution < 1.29 is 19.4 Å². The van der Waals surface area contributed by atoms with Crippen molar-refractivity contribution in [2.75, 3.05) is 13.7 Å². The van der Waals surface area contributed by atoms with Gasteiger partial charge in [-0.2, -0.15) is 0 Å². The summed E-state index contributed by atoms with van der Waals surface area (Å²) in [5, 5.41) is 12.2. The van der Waals surface area contributed by atoms with E-state index in [0.29, 0.717) is 12.8 Å². The number of aliphatic carboxylic acids is 1. The van der Waals surface area contributed by atoms with E-state index in [2.05, 4.69) is 5.32 Å². The Morgan fingerprint density at radius 1 is 1.45 bits per heavy atom. The zero-order chi connectivity index (χ0) is 15.5. The Labute approximate surface area is 120 Å². The van der Waals surface area contributed by atoms with Crippen LogP contribution in [-0.2, 0) is 14.3 Å². The number of carbonyl (C=O) groups is 2. The fourth-order valence-corrected chi connectivity index (χ4v) is 2.99. The van der Waals surface area contributed by atoms with Gasteiger partial charge < -0.3 is 20.9 Å². The molecule has 0 saturated heterocycles. The number of amides is 1. The predicted octanol–water partition coefficient (Wildman–Crippen LogP) is 0.602. The van der Waals surface area contributed by atoms with Gasteiger partial charge in [0.2, 0.25) is 5.91 Å². The van der Waals surface area contributed by atoms with Gasteiger partial charge in [-0.1, -0.05) is 20.8 Å². The lowest BCUT2D eigenvalue weighted by Crippen LogP contribution is -2.55. The van der Waals surface area contributed by atoms with Gasteiger partial charge in [-0.05, 0) is 24.2 Å². The Kier molecular flexibility index (Phi) is 5.53. The first-order chi connectivity index (χ1) is 9.21. The average Bonchev–Trinajstić information content (AvgIpc) is 2.34. The molecule has 6 nitrogen and oxygen atoms in total. The molecule has 1 aliphatic carbocycles. The minimum absolute atomic E-state index is 0.0454. The molecule has 0 heterocycles. The van der Waals surface area contributed by atoms with E-state index >= 15 is 0 Å². The van der Waals surface area contributed by atoms with E-state index in [1.807, 2.05) is 20.8 Å². The van der Waals surface area contributed by atoms with E-state index in [9.17, 15) is 14.7 Å². The lowest BCUT2D eigenvalue weighted by molar-refractivity contribution is -0.150. The lowest BCUT2D eigenvalue weighted by Gasteiger charge is -2.46. The van der Waals surface area contributed by atoms with Crippen LogP contribution < -0.4 is 11.1 Å². The summed E-state index contributed by atoms with van der Waals surface area (Å²) in [7, 11) is 1.50. The fraction of sp³-hybridized carbons (Fsp3) is 0.857. The summed E-state index contributed by atoms with van der Waals surface area (Å²) in [5.41, 5.74) is 5.33. The van der Waals surface area contributed by atoms with Crippen LogP contribution in [0, 0.1) is 17.3 Å². The number of nitrogens with one attached hydrogen (secondary N) is 1. The molecule has 0 bridgehead atoms. The Bertz CT molecular complexity index is 370. The maximum Gasteiger partial charge on any atom is 0.307 e. The first kappa shape index (κ1) is 16.9. The summed E-state index contributed by atoms with van der Waals surface area (Å²) in [6.45, 7) is 6.06. The molecule has 20 heavy (non-hydrogen) atoms. The van der Waals surface area contributed by atoms with Crippen molar-refractivity contribution in [2.45, 2.75) is 45.7 Å². The molecule has 1 amide bonds. The molecular weight excluding hydrogens is 260 g/mol. The summed E-state index contributed by atoms with van der Waals surface area (Å²) in [6, 6.07) is -0.733. The molecule has 1 fully saturated rings. The molecule has 1 aliphatic rings. The van der Waals surface area contributed by atoms with E-state index in [-0.39, 0.29) is 35.8 Å². The fourth-order valence-electron chi connectivity index (χ4n) is 2.99. The Balaban J connectivity index is 2.71. The van der Waals surface area contributed by atoms with Gasteiger partial charge in [0.25, 0.3) is 0 Å². The minimum atomic E-state index is -0.761. The maximum atomic E-state index is 11.9. The second-order valence-corrected chi connectivity index (χ2v) is 6.26. The molecule has 6 heteroatoms. The lowest BCUT2D eigenvalue weighted by atomic mass is 9.61. The van der Waals surface area contributed by atoms with Crippen LogP contribution in [0.3, 0.4) is 0 Å². The highest BCUT2D eigenvalue weighted by Gasteiger charge is 2.46. The zero-order valence-electron chi connectivity index (χ0n) is 12.7. The topological polar surface area (TPSA) is 102 Å². The normalized spacial score (nSPS) is 30.6. The predicted molar refractivity (Wildman–Crippen MR) is 75.1 cm³/mol. The van der Waals surface area contributed by atoms with Crippen LogP contribution in [-0.4, -0.2) is 42.8 Å². The highest BCUT2D eigenvalue weighted by Crippen LogP contribution is 2.45. The summed E-state index contributed by atoms with van der Waals surface area (Å²) < 4.78 is 4.87. The molecule has 4 unspecified atom stereocenters. The van der Waals surface area contributed by atoms with Gasteiger partial charge in [-0.25, -0.2) is 0 Å². The van der Waals surface area contributed by atoms with E-state index in [0.717, 1.165) is 0 Å². The third kappa shape index (κ3) is 3.49. The van der Waals surface area contributed by atoms with E-state index < -0.39 is 12.0 Å². The Morgan fingerprint density at radius 2 is 2.05 bits per heavy atom. The smallest absolute Gasteiger partial charge is 0.307 e. The number of carboxylic acid groups (broad SMARTS) is 1. The van der Waals surface area contributed by atoms with Crippen LogP contribution in [0.2, 0.25) is 0 Å². The number of ether oxygens (including phenoxy) is 1. The first-order valence-corrected chi connectivity index (χ1v) is 6.99. The van der Waals surface area contributed by atoms with Crippen molar-refractivity contribution in [3.05, 3.63) is 0 Å². The number of carbonyl (C=O) groups excluding carboxylic acids is 1. The van der Waals surface area contributed by atoms with Crippen molar-refractivity contribution >= 4 is 11.9 Å². The Morgan fingerprint density at radius 3 is 2.55 bits per heavy atom. The van der Waals surface area contributed by atoms with Crippen molar-refractivity contribution in [3.63, 3.8) is 0 Å². The van der Waals surface area contributed by atoms with Gasteiger partial charge in [0.1, 0.15) is 6.04 Å². The van der Waals surface area contributed by atoms with Crippen LogP contribution in [0.25, 0.3) is 0 Å². The number of hydrogen-bond donors (Lipinski definition) is 3. The van der Waals surface area contributed by atoms with Crippen molar-refractivity contribution in [3.8, 4) is 0 Å². The van der Waals surface area contributed by atoms with E-state index in [1.165, 1.54) is 7.11 Å². The third-order valence-electron chi connectivity index (χ3n) is 4.75. The monoisotopic (exact) mass is 286 g/mol. The van der Waals surface area contributed by atoms with Gasteiger partial charge in [-0.15, -0.1) is 0 Å². The van der Waals surface area contributed by atoms with Gasteiger partial charge in [-0.3, -0.25) is 9.59 Å². The molecule has 0 spiro atoms. The number of methoxy groups -OCH3 is 1. The SMILES string of the molecule is COCC(N)C(=O)NC1CCC(C(=O)O)C(C)(C)C1C. The second-order valence-electron chi connectivity index (χ2n) is 6.26. The highest BCUT2D eigenvalue weighted by molar-refractivity contribution is 5.82. The van der Waals surface area contributed by atoms with Crippen LogP contribution in [0.5, 0.6) is 0 Å². The van der Waals surface area contributed by atoms with E-state index in [1.54, 1.807) is 0 Å². The summed E-state index contributed by atoms with van der Waals surface area (Å²) in [6.07, 6.45) is 1.23. The molecule has 0 aromatic carbocycles. The third-order valence-corrected chi connectivity index (χ3v) is 4.75. The maximum absolute atomic E-state index is 11.9. The summed E-state index contributed by atoms with van der Waals surface area (Å²) in [5.74, 6) is -1.31. The minimum Gasteiger partial charge on any atom is -0.481 e. The number of carboxylic acids is 1. The van der Waals surface area contributed by atoms with Crippen molar-refractivity contribution in [2.24, 2.45) is 23.0 Å². The van der Waals surface area contributed by atoms with Crippen molar-refractivity contribution in [1.82, 2.24) is 5.32 Å². The summed E-state index contributed by atoms with van der Waals surface area (Å²) in [4.78, 5) is 23.3. The van der Waals surface area contributed by atoms with Gasteiger partial charge >= 0.3 is 5.97 Å². The van der Waals surface area contributed by atoms with Crippen LogP contribution in [0.4, 0.5) is 0 Å². The Hall–Kier alpha value is -1.14. The highest BCUT2D eigenvalue weighted by atomic mass is 16.5. The molecule has 116 valence electrons. The molecule has 0 aromatic heterocycles.